The summed E-state index contributed by atoms with van der Waals surface area (Å²) in [5.41, 5.74) is 0.967. The minimum Gasteiger partial charge on any atom is -0.412 e. The van der Waals surface area contributed by atoms with E-state index < -0.39 is 0 Å². The van der Waals surface area contributed by atoms with Crippen LogP contribution in [0, 0.1) is 11.8 Å². The summed E-state index contributed by atoms with van der Waals surface area (Å²) in [4.78, 5) is 0.291. The molecular weight excluding hydrogens is 188 g/mol. The van der Waals surface area contributed by atoms with Crippen LogP contribution in [0.2, 0.25) is 0 Å². The fourth-order valence-electron chi connectivity index (χ4n) is 1.02. The third-order valence-electron chi connectivity index (χ3n) is 1.55. The molecule has 0 atom stereocenters. The Hall–Kier alpha value is -1.43. The fraction of sp³-hybridized carbons (Fsp3) is 0.286. The summed E-state index contributed by atoms with van der Waals surface area (Å²) >= 11 is 4.74. The molecule has 0 unspecified atom stereocenters. The lowest BCUT2D eigenvalue weighted by Crippen LogP contribution is -2.00. The van der Waals surface area contributed by atoms with Gasteiger partial charge < -0.3 is 4.42 Å². The highest BCUT2D eigenvalue weighted by atomic mass is 32.1. The molecule has 0 aliphatic carbocycles. The number of H-pyrrole nitrogens is 1. The molecule has 0 aromatic carbocycles. The molecule has 2 heterocycles. The molecule has 13 heavy (non-hydrogen) atoms. The Bertz CT molecular complexity index is 455. The van der Waals surface area contributed by atoms with E-state index in [1.54, 1.807) is 4.68 Å². The number of hydrogen-bond donors (Lipinski definition) is 1. The topological polar surface area (TPSA) is 59.6 Å². The van der Waals surface area contributed by atoms with Crippen LogP contribution in [0.1, 0.15) is 11.6 Å². The van der Waals surface area contributed by atoms with Crippen LogP contribution in [-0.2, 0) is 6.54 Å². The molecule has 6 heteroatoms. The monoisotopic (exact) mass is 196 g/mol. The largest absolute Gasteiger partial charge is 0.412 e. The lowest BCUT2D eigenvalue weighted by atomic mass is 10.5. The van der Waals surface area contributed by atoms with Crippen LogP contribution in [-0.4, -0.2) is 20.0 Å². The van der Waals surface area contributed by atoms with Crippen molar-refractivity contribution in [2.75, 3.05) is 0 Å². The third-order valence-corrected chi connectivity index (χ3v) is 1.73. The fourth-order valence-corrected chi connectivity index (χ4v) is 1.16. The Morgan fingerprint density at radius 3 is 3.08 bits per heavy atom. The normalized spacial score (nSPS) is 10.5. The van der Waals surface area contributed by atoms with E-state index in [1.807, 2.05) is 19.2 Å². The zero-order valence-electron chi connectivity index (χ0n) is 7.02. The molecule has 0 aliphatic heterocycles. The van der Waals surface area contributed by atoms with E-state index in [9.17, 15) is 0 Å². The molecule has 2 aromatic rings. The van der Waals surface area contributed by atoms with Gasteiger partial charge in [-0.3, -0.25) is 4.68 Å². The van der Waals surface area contributed by atoms with E-state index in [2.05, 4.69) is 15.3 Å². The van der Waals surface area contributed by atoms with Crippen molar-refractivity contribution >= 4 is 12.2 Å². The molecule has 0 saturated carbocycles. The first kappa shape index (κ1) is 8.18. The Morgan fingerprint density at radius 2 is 2.54 bits per heavy atom. The van der Waals surface area contributed by atoms with Crippen LogP contribution in [0.5, 0.6) is 0 Å². The van der Waals surface area contributed by atoms with E-state index in [4.69, 9.17) is 16.6 Å². The smallest absolute Gasteiger partial charge is 0.284 e. The van der Waals surface area contributed by atoms with E-state index in [-0.39, 0.29) is 0 Å². The van der Waals surface area contributed by atoms with E-state index in [0.29, 0.717) is 17.3 Å². The van der Waals surface area contributed by atoms with Crippen molar-refractivity contribution in [2.24, 2.45) is 0 Å². The van der Waals surface area contributed by atoms with Gasteiger partial charge in [-0.2, -0.15) is 5.10 Å². The first-order valence-corrected chi connectivity index (χ1v) is 4.19. The average Bonchev–Trinajstić information content (AvgIpc) is 2.62. The van der Waals surface area contributed by atoms with Crippen molar-refractivity contribution in [1.82, 2.24) is 20.0 Å². The molecular formula is C7H8N4OS. The summed E-state index contributed by atoms with van der Waals surface area (Å²) < 4.78 is 6.82. The molecule has 1 N–H and O–H groups in total. The molecule has 0 spiro atoms. The summed E-state index contributed by atoms with van der Waals surface area (Å²) in [6.45, 7) is 2.43. The highest BCUT2D eigenvalue weighted by molar-refractivity contribution is 7.71. The van der Waals surface area contributed by atoms with Crippen LogP contribution in [0.25, 0.3) is 0 Å². The Labute approximate surface area is 79.4 Å². The number of aromatic amines is 1. The van der Waals surface area contributed by atoms with Crippen LogP contribution in [0.15, 0.2) is 16.7 Å². The van der Waals surface area contributed by atoms with Gasteiger partial charge in [0, 0.05) is 6.20 Å². The second-order valence-corrected chi connectivity index (χ2v) is 3.03. The second-order valence-electron chi connectivity index (χ2n) is 2.66. The van der Waals surface area contributed by atoms with Crippen molar-refractivity contribution in [1.29, 1.82) is 0 Å². The van der Waals surface area contributed by atoms with Crippen LogP contribution < -0.4 is 0 Å². The standard InChI is InChI=1S/C7H8N4OS/c1-5-2-3-11(10-5)4-6-8-9-7(13)12-6/h2-3H,4H2,1H3,(H,9,13). The molecule has 0 radical (unpaired) electrons. The van der Waals surface area contributed by atoms with Gasteiger partial charge in [0.05, 0.1) is 5.69 Å². The molecule has 5 nitrogen and oxygen atoms in total. The second kappa shape index (κ2) is 3.14. The summed E-state index contributed by atoms with van der Waals surface area (Å²) in [6, 6.07) is 1.92. The summed E-state index contributed by atoms with van der Waals surface area (Å²) in [7, 11) is 0. The van der Waals surface area contributed by atoms with Gasteiger partial charge in [0.15, 0.2) is 0 Å². The predicted octanol–water partition coefficient (Wildman–Crippen LogP) is 1.29. The van der Waals surface area contributed by atoms with Crippen molar-refractivity contribution in [3.05, 3.63) is 28.7 Å². The van der Waals surface area contributed by atoms with Gasteiger partial charge in [-0.1, -0.05) is 0 Å². The molecule has 0 amide bonds. The van der Waals surface area contributed by atoms with Gasteiger partial charge in [0.2, 0.25) is 5.89 Å². The van der Waals surface area contributed by atoms with Gasteiger partial charge >= 0.3 is 0 Å². The zero-order chi connectivity index (χ0) is 9.26. The number of aromatic nitrogens is 4. The molecule has 68 valence electrons. The molecule has 0 fully saturated rings. The highest BCUT2D eigenvalue weighted by Gasteiger charge is 2.01. The highest BCUT2D eigenvalue weighted by Crippen LogP contribution is 1.99. The summed E-state index contributed by atoms with van der Waals surface area (Å²) in [6.07, 6.45) is 1.86. The Kier molecular flexibility index (Phi) is 1.97. The molecule has 0 saturated heterocycles. The third kappa shape index (κ3) is 1.83. The first-order chi connectivity index (χ1) is 6.24. The summed E-state index contributed by atoms with van der Waals surface area (Å²) in [5.74, 6) is 0.535. The lowest BCUT2D eigenvalue weighted by Gasteiger charge is -1.93. The Balaban J connectivity index is 2.19. The van der Waals surface area contributed by atoms with Crippen molar-refractivity contribution in [2.45, 2.75) is 13.5 Å². The lowest BCUT2D eigenvalue weighted by molar-refractivity contribution is 0.454. The van der Waals surface area contributed by atoms with Crippen molar-refractivity contribution in [3.63, 3.8) is 0 Å². The number of hydrogen-bond acceptors (Lipinski definition) is 4. The quantitative estimate of drug-likeness (QED) is 0.735. The van der Waals surface area contributed by atoms with Crippen molar-refractivity contribution < 1.29 is 4.42 Å². The molecule has 2 aromatic heterocycles. The van der Waals surface area contributed by atoms with Crippen molar-refractivity contribution in [3.8, 4) is 0 Å². The summed E-state index contributed by atoms with van der Waals surface area (Å²) in [5, 5.41) is 10.6. The SMILES string of the molecule is Cc1ccn(Cc2n[nH]c(=S)o2)n1. The number of nitrogens with zero attached hydrogens (tertiary/aromatic N) is 3. The number of rotatable bonds is 2. The average molecular weight is 196 g/mol. The molecule has 0 aliphatic rings. The zero-order valence-corrected chi connectivity index (χ0v) is 7.84. The predicted molar refractivity (Wildman–Crippen MR) is 47.8 cm³/mol. The van der Waals surface area contributed by atoms with Gasteiger partial charge in [0.25, 0.3) is 4.84 Å². The number of aryl methyl sites for hydroxylation is 1. The molecule has 2 rings (SSSR count). The van der Waals surface area contributed by atoms with E-state index in [0.717, 1.165) is 5.69 Å². The van der Waals surface area contributed by atoms with Crippen LogP contribution in [0.4, 0.5) is 0 Å². The van der Waals surface area contributed by atoms with Crippen LogP contribution in [0.3, 0.4) is 0 Å². The van der Waals surface area contributed by atoms with Gasteiger partial charge in [-0.25, -0.2) is 5.10 Å². The van der Waals surface area contributed by atoms with E-state index >= 15 is 0 Å². The van der Waals surface area contributed by atoms with Gasteiger partial charge in [-0.15, -0.1) is 5.10 Å². The Morgan fingerprint density at radius 1 is 1.69 bits per heavy atom. The van der Waals surface area contributed by atoms with E-state index in [1.165, 1.54) is 0 Å². The number of nitrogens with one attached hydrogen (secondary N) is 1. The minimum atomic E-state index is 0.291. The van der Waals surface area contributed by atoms with Crippen LogP contribution >= 0.6 is 12.2 Å². The maximum atomic E-state index is 5.08. The minimum absolute atomic E-state index is 0.291. The molecule has 0 bridgehead atoms. The maximum absolute atomic E-state index is 5.08. The first-order valence-electron chi connectivity index (χ1n) is 3.78. The van der Waals surface area contributed by atoms with Gasteiger partial charge in [0.1, 0.15) is 6.54 Å². The maximum Gasteiger partial charge on any atom is 0.284 e. The van der Waals surface area contributed by atoms with Gasteiger partial charge in [-0.05, 0) is 25.2 Å².